The lowest BCUT2D eigenvalue weighted by Crippen LogP contribution is -2.21. The van der Waals surface area contributed by atoms with Gasteiger partial charge in [0.25, 0.3) is 0 Å². The van der Waals surface area contributed by atoms with Gasteiger partial charge in [-0.15, -0.1) is 0 Å². The first-order valence-electron chi connectivity index (χ1n) is 5.88. The monoisotopic (exact) mass is 238 g/mol. The van der Waals surface area contributed by atoms with Gasteiger partial charge in [-0.3, -0.25) is 0 Å². The first kappa shape index (κ1) is 11.6. The van der Waals surface area contributed by atoms with Gasteiger partial charge in [0, 0.05) is 18.8 Å². The molecule has 1 aliphatic rings. The second-order valence-electron chi connectivity index (χ2n) is 4.95. The molecule has 0 saturated carbocycles. The van der Waals surface area contributed by atoms with E-state index in [1.54, 1.807) is 0 Å². The Kier molecular flexibility index (Phi) is 3.29. The van der Waals surface area contributed by atoms with Crippen LogP contribution in [0.15, 0.2) is 18.2 Å². The molecule has 0 bridgehead atoms. The van der Waals surface area contributed by atoms with Gasteiger partial charge in [-0.1, -0.05) is 25.4 Å². The summed E-state index contributed by atoms with van der Waals surface area (Å²) in [6.07, 6.45) is 1.26. The Bertz CT molecular complexity index is 376. The number of halogens is 1. The molecular weight excluding hydrogens is 220 g/mol. The molecule has 1 aliphatic heterocycles. The maximum absolute atomic E-state index is 6.22. The molecular formula is C13H19ClN2. The summed E-state index contributed by atoms with van der Waals surface area (Å²) in [5, 5.41) is 0.768. The first-order chi connectivity index (χ1) is 7.58. The van der Waals surface area contributed by atoms with Crippen molar-refractivity contribution < 1.29 is 0 Å². The molecule has 0 amide bonds. The van der Waals surface area contributed by atoms with Gasteiger partial charge in [-0.05, 0) is 36.5 Å². The van der Waals surface area contributed by atoms with Crippen LogP contribution in [0, 0.1) is 11.8 Å². The van der Waals surface area contributed by atoms with Crippen molar-refractivity contribution in [3.05, 3.63) is 23.2 Å². The normalized spacial score (nSPS) is 20.8. The van der Waals surface area contributed by atoms with Gasteiger partial charge < -0.3 is 10.6 Å². The van der Waals surface area contributed by atoms with Gasteiger partial charge in [0.15, 0.2) is 0 Å². The third kappa shape index (κ3) is 2.27. The molecule has 88 valence electrons. The lowest BCUT2D eigenvalue weighted by molar-refractivity contribution is 0.423. The fourth-order valence-electron chi connectivity index (χ4n) is 2.33. The van der Waals surface area contributed by atoms with Crippen molar-refractivity contribution in [1.29, 1.82) is 0 Å². The molecule has 1 fully saturated rings. The van der Waals surface area contributed by atoms with Crippen LogP contribution in [0.25, 0.3) is 0 Å². The van der Waals surface area contributed by atoms with E-state index in [9.17, 15) is 0 Å². The summed E-state index contributed by atoms with van der Waals surface area (Å²) < 4.78 is 0. The zero-order valence-corrected chi connectivity index (χ0v) is 10.7. The van der Waals surface area contributed by atoms with E-state index in [4.69, 9.17) is 17.3 Å². The minimum Gasteiger partial charge on any atom is -0.399 e. The van der Waals surface area contributed by atoms with Crippen LogP contribution in [-0.2, 0) is 0 Å². The predicted octanol–water partition coefficient (Wildman–Crippen LogP) is 3.40. The summed E-state index contributed by atoms with van der Waals surface area (Å²) in [6.45, 7) is 6.80. The van der Waals surface area contributed by atoms with E-state index in [0.717, 1.165) is 41.3 Å². The highest BCUT2D eigenvalue weighted by Crippen LogP contribution is 2.33. The largest absolute Gasteiger partial charge is 0.399 e. The minimum absolute atomic E-state index is 0.730. The van der Waals surface area contributed by atoms with Crippen molar-refractivity contribution in [2.75, 3.05) is 23.7 Å². The molecule has 3 heteroatoms. The molecule has 2 N–H and O–H groups in total. The number of rotatable bonds is 2. The van der Waals surface area contributed by atoms with E-state index in [0.29, 0.717) is 0 Å². The second kappa shape index (κ2) is 4.54. The maximum Gasteiger partial charge on any atom is 0.0660 e. The molecule has 1 aromatic rings. The van der Waals surface area contributed by atoms with Crippen LogP contribution in [0.4, 0.5) is 11.4 Å². The van der Waals surface area contributed by atoms with Crippen molar-refractivity contribution in [3.8, 4) is 0 Å². The summed E-state index contributed by atoms with van der Waals surface area (Å²) in [5.74, 6) is 1.53. The third-order valence-electron chi connectivity index (χ3n) is 3.48. The van der Waals surface area contributed by atoms with Crippen LogP contribution < -0.4 is 10.6 Å². The van der Waals surface area contributed by atoms with Crippen molar-refractivity contribution in [2.24, 2.45) is 11.8 Å². The number of benzene rings is 1. The van der Waals surface area contributed by atoms with Gasteiger partial charge in [0.2, 0.25) is 0 Å². The SMILES string of the molecule is CC(C)C1CCN(c2ccc(N)cc2Cl)C1. The average molecular weight is 239 g/mol. The van der Waals surface area contributed by atoms with Crippen molar-refractivity contribution in [1.82, 2.24) is 0 Å². The van der Waals surface area contributed by atoms with Crippen LogP contribution in [0.1, 0.15) is 20.3 Å². The van der Waals surface area contributed by atoms with Gasteiger partial charge in [-0.25, -0.2) is 0 Å². The Morgan fingerprint density at radius 1 is 1.44 bits per heavy atom. The van der Waals surface area contributed by atoms with Gasteiger partial charge >= 0.3 is 0 Å². The van der Waals surface area contributed by atoms with Crippen molar-refractivity contribution in [3.63, 3.8) is 0 Å². The lowest BCUT2D eigenvalue weighted by atomic mass is 9.95. The van der Waals surface area contributed by atoms with Crippen LogP contribution in [0.5, 0.6) is 0 Å². The second-order valence-corrected chi connectivity index (χ2v) is 5.36. The summed E-state index contributed by atoms with van der Waals surface area (Å²) in [7, 11) is 0. The Labute approximate surface area is 102 Å². The van der Waals surface area contributed by atoms with Crippen LogP contribution >= 0.6 is 11.6 Å². The maximum atomic E-state index is 6.22. The molecule has 0 aliphatic carbocycles. The Morgan fingerprint density at radius 3 is 2.75 bits per heavy atom. The Balaban J connectivity index is 2.14. The zero-order valence-electron chi connectivity index (χ0n) is 9.91. The smallest absolute Gasteiger partial charge is 0.0660 e. The van der Waals surface area contributed by atoms with Crippen molar-refractivity contribution >= 4 is 23.0 Å². The van der Waals surface area contributed by atoms with Crippen molar-refractivity contribution in [2.45, 2.75) is 20.3 Å². The highest BCUT2D eigenvalue weighted by Gasteiger charge is 2.25. The van der Waals surface area contributed by atoms with Gasteiger partial charge in [0.1, 0.15) is 0 Å². The van der Waals surface area contributed by atoms with E-state index in [2.05, 4.69) is 18.7 Å². The fourth-order valence-corrected chi connectivity index (χ4v) is 2.64. The minimum atomic E-state index is 0.730. The standard InChI is InChI=1S/C13H19ClN2/c1-9(2)10-5-6-16(8-10)13-4-3-11(15)7-12(13)14/h3-4,7,9-10H,5-6,8,15H2,1-2H3. The van der Waals surface area contributed by atoms with Crippen LogP contribution in [0.2, 0.25) is 5.02 Å². The molecule has 1 aromatic carbocycles. The Morgan fingerprint density at radius 2 is 2.19 bits per heavy atom. The fraction of sp³-hybridized carbons (Fsp3) is 0.538. The Hall–Kier alpha value is -0.890. The number of nitrogens with zero attached hydrogens (tertiary/aromatic N) is 1. The van der Waals surface area contributed by atoms with Gasteiger partial charge in [0.05, 0.1) is 10.7 Å². The van der Waals surface area contributed by atoms with E-state index in [-0.39, 0.29) is 0 Å². The molecule has 2 nitrogen and oxygen atoms in total. The molecule has 1 heterocycles. The lowest BCUT2D eigenvalue weighted by Gasteiger charge is -2.21. The van der Waals surface area contributed by atoms with Gasteiger partial charge in [-0.2, -0.15) is 0 Å². The molecule has 1 saturated heterocycles. The molecule has 0 radical (unpaired) electrons. The van der Waals surface area contributed by atoms with E-state index >= 15 is 0 Å². The predicted molar refractivity (Wildman–Crippen MR) is 71.0 cm³/mol. The summed E-state index contributed by atoms with van der Waals surface area (Å²) in [5.41, 5.74) is 7.55. The highest BCUT2D eigenvalue weighted by atomic mass is 35.5. The van der Waals surface area contributed by atoms with E-state index in [1.807, 2.05) is 18.2 Å². The number of hydrogen-bond donors (Lipinski definition) is 1. The van der Waals surface area contributed by atoms with Crippen LogP contribution in [0.3, 0.4) is 0 Å². The summed E-state index contributed by atoms with van der Waals surface area (Å²) >= 11 is 6.22. The topological polar surface area (TPSA) is 29.3 Å². The number of nitrogens with two attached hydrogens (primary N) is 1. The molecule has 1 atom stereocenters. The molecule has 0 aromatic heterocycles. The summed E-state index contributed by atoms with van der Waals surface area (Å²) in [6, 6.07) is 5.78. The van der Waals surface area contributed by atoms with Crippen LogP contribution in [-0.4, -0.2) is 13.1 Å². The molecule has 1 unspecified atom stereocenters. The molecule has 0 spiro atoms. The molecule has 16 heavy (non-hydrogen) atoms. The molecule has 2 rings (SSSR count). The van der Waals surface area contributed by atoms with E-state index < -0.39 is 0 Å². The number of anilines is 2. The van der Waals surface area contributed by atoms with E-state index in [1.165, 1.54) is 6.42 Å². The number of hydrogen-bond acceptors (Lipinski definition) is 2. The third-order valence-corrected chi connectivity index (χ3v) is 3.78. The zero-order chi connectivity index (χ0) is 11.7. The first-order valence-corrected chi connectivity index (χ1v) is 6.25. The summed E-state index contributed by atoms with van der Waals surface area (Å²) in [4.78, 5) is 2.37. The average Bonchev–Trinajstić information content (AvgIpc) is 2.66. The highest BCUT2D eigenvalue weighted by molar-refractivity contribution is 6.33. The quantitative estimate of drug-likeness (QED) is 0.801. The number of nitrogen functional groups attached to an aromatic ring is 1.